The van der Waals surface area contributed by atoms with Gasteiger partial charge in [-0.1, -0.05) is 19.6 Å². The Hall–Kier alpha value is -1.51. The van der Waals surface area contributed by atoms with Crippen molar-refractivity contribution in [2.45, 2.75) is 38.6 Å². The molecule has 94 valence electrons. The first-order chi connectivity index (χ1) is 8.04. The van der Waals surface area contributed by atoms with Crippen molar-refractivity contribution in [2.24, 2.45) is 10.7 Å². The molecule has 17 heavy (non-hydrogen) atoms. The highest BCUT2D eigenvalue weighted by Gasteiger charge is 2.34. The molecule has 1 unspecified atom stereocenters. The van der Waals surface area contributed by atoms with Crippen LogP contribution < -0.4 is 5.73 Å². The van der Waals surface area contributed by atoms with Crippen LogP contribution in [0.15, 0.2) is 41.7 Å². The number of aliphatic imine (C=N–C) groups is 1. The van der Waals surface area contributed by atoms with Crippen molar-refractivity contribution in [2.75, 3.05) is 7.05 Å². The summed E-state index contributed by atoms with van der Waals surface area (Å²) in [4.78, 5) is 6.26. The van der Waals surface area contributed by atoms with Crippen molar-refractivity contribution < 1.29 is 0 Å². The van der Waals surface area contributed by atoms with Crippen LogP contribution in [0.5, 0.6) is 0 Å². The summed E-state index contributed by atoms with van der Waals surface area (Å²) in [5.41, 5.74) is 7.21. The third-order valence-electron chi connectivity index (χ3n) is 3.43. The van der Waals surface area contributed by atoms with Gasteiger partial charge in [0.25, 0.3) is 0 Å². The van der Waals surface area contributed by atoms with Crippen LogP contribution in [0.2, 0.25) is 0 Å². The smallest absolute Gasteiger partial charge is 0.0989 e. The maximum atomic E-state index is 5.81. The van der Waals surface area contributed by atoms with Gasteiger partial charge in [-0.3, -0.25) is 0 Å². The fourth-order valence-electron chi connectivity index (χ4n) is 2.12. The SMILES string of the molecule is C=C/N=C(/N)CCC1(C)/C(=C\CC)C=CN1C. The van der Waals surface area contributed by atoms with Crippen LogP contribution >= 0.6 is 0 Å². The molecule has 0 spiro atoms. The van der Waals surface area contributed by atoms with E-state index in [0.717, 1.165) is 19.3 Å². The van der Waals surface area contributed by atoms with Crippen molar-refractivity contribution in [1.82, 2.24) is 4.90 Å². The molecular formula is C14H23N3. The Bertz CT molecular complexity index is 366. The van der Waals surface area contributed by atoms with Gasteiger partial charge in [-0.2, -0.15) is 0 Å². The molecule has 0 aromatic rings. The molecule has 0 bridgehead atoms. The highest BCUT2D eigenvalue weighted by Crippen LogP contribution is 2.34. The molecule has 3 heteroatoms. The predicted molar refractivity (Wildman–Crippen MR) is 74.7 cm³/mol. The second kappa shape index (κ2) is 5.71. The molecule has 0 saturated carbocycles. The number of amidine groups is 1. The molecule has 0 aromatic carbocycles. The minimum absolute atomic E-state index is 0.0390. The van der Waals surface area contributed by atoms with E-state index in [2.05, 4.69) is 55.7 Å². The van der Waals surface area contributed by atoms with E-state index in [1.54, 1.807) is 0 Å². The summed E-state index contributed by atoms with van der Waals surface area (Å²) in [7, 11) is 2.10. The Morgan fingerprint density at radius 1 is 1.65 bits per heavy atom. The second-order valence-corrected chi connectivity index (χ2v) is 4.57. The molecule has 1 rings (SSSR count). The summed E-state index contributed by atoms with van der Waals surface area (Å²) in [5.74, 6) is 0.650. The fraction of sp³-hybridized carbons (Fsp3) is 0.500. The van der Waals surface area contributed by atoms with Crippen LogP contribution in [0.4, 0.5) is 0 Å². The molecule has 3 nitrogen and oxygen atoms in total. The molecule has 1 heterocycles. The molecule has 0 aromatic heterocycles. The first kappa shape index (κ1) is 13.6. The van der Waals surface area contributed by atoms with E-state index in [-0.39, 0.29) is 5.54 Å². The highest BCUT2D eigenvalue weighted by atomic mass is 15.2. The van der Waals surface area contributed by atoms with Crippen molar-refractivity contribution in [3.63, 3.8) is 0 Å². The monoisotopic (exact) mass is 233 g/mol. The Morgan fingerprint density at radius 2 is 2.35 bits per heavy atom. The van der Waals surface area contributed by atoms with E-state index in [1.807, 2.05) is 0 Å². The molecule has 0 fully saturated rings. The zero-order chi connectivity index (χ0) is 12.9. The number of rotatable bonds is 5. The Labute approximate surface area is 104 Å². The molecule has 1 aliphatic rings. The lowest BCUT2D eigenvalue weighted by atomic mass is 9.87. The lowest BCUT2D eigenvalue weighted by Gasteiger charge is -2.35. The first-order valence-corrected chi connectivity index (χ1v) is 6.09. The molecule has 0 amide bonds. The maximum absolute atomic E-state index is 5.81. The quantitative estimate of drug-likeness (QED) is 0.586. The van der Waals surface area contributed by atoms with E-state index in [0.29, 0.717) is 5.84 Å². The summed E-state index contributed by atoms with van der Waals surface area (Å²) in [6, 6.07) is 0. The number of hydrogen-bond donors (Lipinski definition) is 1. The zero-order valence-electron chi connectivity index (χ0n) is 11.1. The van der Waals surface area contributed by atoms with Gasteiger partial charge in [0.05, 0.1) is 11.4 Å². The Morgan fingerprint density at radius 3 is 2.94 bits per heavy atom. The number of allylic oxidation sites excluding steroid dienone is 1. The van der Waals surface area contributed by atoms with Crippen LogP contribution in [-0.4, -0.2) is 23.3 Å². The average molecular weight is 233 g/mol. The average Bonchev–Trinajstić information content (AvgIpc) is 2.56. The third-order valence-corrected chi connectivity index (χ3v) is 3.43. The van der Waals surface area contributed by atoms with Gasteiger partial charge < -0.3 is 10.6 Å². The van der Waals surface area contributed by atoms with Gasteiger partial charge in [-0.25, -0.2) is 4.99 Å². The van der Waals surface area contributed by atoms with E-state index < -0.39 is 0 Å². The topological polar surface area (TPSA) is 41.6 Å². The highest BCUT2D eigenvalue weighted by molar-refractivity contribution is 5.81. The minimum atomic E-state index is 0.0390. The zero-order valence-corrected chi connectivity index (χ0v) is 11.1. The summed E-state index contributed by atoms with van der Waals surface area (Å²) in [6.45, 7) is 7.96. The van der Waals surface area contributed by atoms with E-state index in [9.17, 15) is 0 Å². The Balaban J connectivity index is 2.75. The number of nitrogens with two attached hydrogens (primary N) is 1. The normalized spacial score (nSPS) is 26.9. The van der Waals surface area contributed by atoms with Gasteiger partial charge in [0.15, 0.2) is 0 Å². The van der Waals surface area contributed by atoms with Crippen molar-refractivity contribution in [3.05, 3.63) is 36.7 Å². The second-order valence-electron chi connectivity index (χ2n) is 4.57. The molecule has 0 aliphatic carbocycles. The molecular weight excluding hydrogens is 210 g/mol. The summed E-state index contributed by atoms with van der Waals surface area (Å²) in [5, 5.41) is 0. The molecule has 0 saturated heterocycles. The van der Waals surface area contributed by atoms with Gasteiger partial charge >= 0.3 is 0 Å². The largest absolute Gasteiger partial charge is 0.387 e. The van der Waals surface area contributed by atoms with Crippen LogP contribution in [0, 0.1) is 0 Å². The third kappa shape index (κ3) is 2.99. The number of likely N-dealkylation sites (N-methyl/N-ethyl adjacent to an activating group) is 1. The molecule has 0 radical (unpaired) electrons. The lowest BCUT2D eigenvalue weighted by molar-refractivity contribution is 0.253. The predicted octanol–water partition coefficient (Wildman–Crippen LogP) is 2.82. The van der Waals surface area contributed by atoms with Crippen LogP contribution in [-0.2, 0) is 0 Å². The van der Waals surface area contributed by atoms with Gasteiger partial charge in [0, 0.05) is 19.7 Å². The van der Waals surface area contributed by atoms with Crippen LogP contribution in [0.3, 0.4) is 0 Å². The standard InChI is InChI=1S/C14H23N3/c1-5-7-12-9-11-17(4)14(12,3)10-8-13(15)16-6-2/h6-7,9,11H,2,5,8,10H2,1,3-4H3,(H2,15,16)/b12-7-. The summed E-state index contributed by atoms with van der Waals surface area (Å²) in [6.07, 6.45) is 10.9. The van der Waals surface area contributed by atoms with Gasteiger partial charge in [0.1, 0.15) is 0 Å². The fourth-order valence-corrected chi connectivity index (χ4v) is 2.12. The molecule has 2 N–H and O–H groups in total. The summed E-state index contributed by atoms with van der Waals surface area (Å²) < 4.78 is 0. The lowest BCUT2D eigenvalue weighted by Crippen LogP contribution is -2.39. The van der Waals surface area contributed by atoms with Gasteiger partial charge in [0.2, 0.25) is 0 Å². The van der Waals surface area contributed by atoms with Crippen molar-refractivity contribution in [3.8, 4) is 0 Å². The number of hydrogen-bond acceptors (Lipinski definition) is 2. The molecule has 1 atom stereocenters. The van der Waals surface area contributed by atoms with Crippen LogP contribution in [0.25, 0.3) is 0 Å². The van der Waals surface area contributed by atoms with Gasteiger partial charge in [-0.05, 0) is 37.6 Å². The van der Waals surface area contributed by atoms with E-state index in [1.165, 1.54) is 11.8 Å². The maximum Gasteiger partial charge on any atom is 0.0989 e. The van der Waals surface area contributed by atoms with Crippen molar-refractivity contribution >= 4 is 5.84 Å². The van der Waals surface area contributed by atoms with E-state index >= 15 is 0 Å². The Kier molecular flexibility index (Phi) is 4.55. The molecule has 1 aliphatic heterocycles. The number of nitrogens with zero attached hydrogens (tertiary/aromatic N) is 2. The minimum Gasteiger partial charge on any atom is -0.387 e. The van der Waals surface area contributed by atoms with Crippen LogP contribution in [0.1, 0.15) is 33.1 Å². The van der Waals surface area contributed by atoms with Gasteiger partial charge in [-0.15, -0.1) is 0 Å². The van der Waals surface area contributed by atoms with E-state index in [4.69, 9.17) is 5.73 Å². The van der Waals surface area contributed by atoms with Crippen molar-refractivity contribution in [1.29, 1.82) is 0 Å². The summed E-state index contributed by atoms with van der Waals surface area (Å²) >= 11 is 0. The first-order valence-electron chi connectivity index (χ1n) is 6.09.